The molecule has 0 aromatic carbocycles. The average molecular weight is 220 g/mol. The van der Waals surface area contributed by atoms with E-state index in [9.17, 15) is 0 Å². The Balaban J connectivity index is 2.09. The largest absolute Gasteiger partial charge is 0.460 e. The maximum atomic E-state index is 5.85. The van der Waals surface area contributed by atoms with Gasteiger partial charge in [0.15, 0.2) is 0 Å². The lowest BCUT2D eigenvalue weighted by molar-refractivity contribution is 0.141. The van der Waals surface area contributed by atoms with E-state index >= 15 is 0 Å². The quantitative estimate of drug-likeness (QED) is 0.768. The minimum Gasteiger partial charge on any atom is -0.460 e. The SMILES string of the molecule is Cc1nc(OC2CCCCC2)nc(C)c1C. The molecule has 1 heterocycles. The fraction of sp³-hybridized carbons (Fsp3) is 0.692. The third kappa shape index (κ3) is 2.52. The van der Waals surface area contributed by atoms with Crippen LogP contribution in [0.3, 0.4) is 0 Å². The molecule has 3 nitrogen and oxygen atoms in total. The highest BCUT2D eigenvalue weighted by atomic mass is 16.5. The summed E-state index contributed by atoms with van der Waals surface area (Å²) in [6.07, 6.45) is 6.51. The maximum Gasteiger partial charge on any atom is 0.317 e. The predicted molar refractivity (Wildman–Crippen MR) is 63.7 cm³/mol. The number of aryl methyl sites for hydroxylation is 2. The third-order valence-electron chi connectivity index (χ3n) is 3.44. The van der Waals surface area contributed by atoms with Crippen molar-refractivity contribution in [1.82, 2.24) is 9.97 Å². The summed E-state index contributed by atoms with van der Waals surface area (Å²) in [5.74, 6) is 0. The summed E-state index contributed by atoms with van der Waals surface area (Å²) in [5.41, 5.74) is 3.22. The van der Waals surface area contributed by atoms with Gasteiger partial charge in [0.25, 0.3) is 0 Å². The summed E-state index contributed by atoms with van der Waals surface area (Å²) >= 11 is 0. The molecule has 1 aromatic heterocycles. The van der Waals surface area contributed by atoms with E-state index in [1.165, 1.54) is 19.3 Å². The van der Waals surface area contributed by atoms with E-state index in [0.29, 0.717) is 12.1 Å². The molecule has 0 atom stereocenters. The average Bonchev–Trinajstić information content (AvgIpc) is 2.27. The lowest BCUT2D eigenvalue weighted by Crippen LogP contribution is -2.21. The van der Waals surface area contributed by atoms with E-state index in [2.05, 4.69) is 16.9 Å². The zero-order valence-corrected chi connectivity index (χ0v) is 10.4. The molecule has 0 saturated heterocycles. The second-order valence-corrected chi connectivity index (χ2v) is 4.68. The van der Waals surface area contributed by atoms with Crippen molar-refractivity contribution >= 4 is 0 Å². The first-order valence-electron chi connectivity index (χ1n) is 6.15. The summed E-state index contributed by atoms with van der Waals surface area (Å²) in [7, 11) is 0. The van der Waals surface area contributed by atoms with Crippen LogP contribution in [0.5, 0.6) is 6.01 Å². The van der Waals surface area contributed by atoms with Gasteiger partial charge in [-0.05, 0) is 52.0 Å². The molecule has 88 valence electrons. The lowest BCUT2D eigenvalue weighted by Gasteiger charge is -2.22. The highest BCUT2D eigenvalue weighted by Crippen LogP contribution is 2.22. The number of aromatic nitrogens is 2. The maximum absolute atomic E-state index is 5.85. The Morgan fingerprint density at radius 3 is 2.06 bits per heavy atom. The van der Waals surface area contributed by atoms with Crippen LogP contribution in [0.25, 0.3) is 0 Å². The molecule has 2 rings (SSSR count). The second-order valence-electron chi connectivity index (χ2n) is 4.68. The zero-order valence-electron chi connectivity index (χ0n) is 10.4. The Labute approximate surface area is 97.3 Å². The van der Waals surface area contributed by atoms with Crippen LogP contribution in [0.15, 0.2) is 0 Å². The number of nitrogens with zero attached hydrogens (tertiary/aromatic N) is 2. The standard InChI is InChI=1S/C13H20N2O/c1-9-10(2)14-13(15-11(9)3)16-12-7-5-4-6-8-12/h12H,4-8H2,1-3H3. The Kier molecular flexibility index (Phi) is 3.42. The highest BCUT2D eigenvalue weighted by molar-refractivity contribution is 5.23. The van der Waals surface area contributed by atoms with Crippen LogP contribution < -0.4 is 4.74 Å². The Morgan fingerprint density at radius 2 is 1.50 bits per heavy atom. The topological polar surface area (TPSA) is 35.0 Å². The summed E-state index contributed by atoms with van der Waals surface area (Å²) in [5, 5.41) is 0. The van der Waals surface area contributed by atoms with Crippen LogP contribution in [0, 0.1) is 20.8 Å². The molecule has 0 bridgehead atoms. The van der Waals surface area contributed by atoms with Crippen molar-refractivity contribution in [3.05, 3.63) is 17.0 Å². The fourth-order valence-electron chi connectivity index (χ4n) is 2.13. The van der Waals surface area contributed by atoms with E-state index in [-0.39, 0.29) is 0 Å². The molecular formula is C13H20N2O. The smallest absolute Gasteiger partial charge is 0.317 e. The van der Waals surface area contributed by atoms with Crippen molar-refractivity contribution in [1.29, 1.82) is 0 Å². The molecule has 0 radical (unpaired) electrons. The van der Waals surface area contributed by atoms with Crippen LogP contribution >= 0.6 is 0 Å². The number of rotatable bonds is 2. The number of hydrogen-bond acceptors (Lipinski definition) is 3. The van der Waals surface area contributed by atoms with Crippen LogP contribution in [0.2, 0.25) is 0 Å². The zero-order chi connectivity index (χ0) is 11.5. The van der Waals surface area contributed by atoms with Gasteiger partial charge in [0.05, 0.1) is 0 Å². The number of ether oxygens (including phenoxy) is 1. The van der Waals surface area contributed by atoms with Crippen molar-refractivity contribution < 1.29 is 4.74 Å². The van der Waals surface area contributed by atoms with Gasteiger partial charge in [0.1, 0.15) is 6.10 Å². The summed E-state index contributed by atoms with van der Waals surface area (Å²) < 4.78 is 5.85. The lowest BCUT2D eigenvalue weighted by atomic mass is 9.98. The minimum atomic E-state index is 0.329. The Bertz CT molecular complexity index is 347. The van der Waals surface area contributed by atoms with E-state index in [4.69, 9.17) is 4.74 Å². The molecule has 16 heavy (non-hydrogen) atoms. The Hall–Kier alpha value is -1.12. The molecule has 0 spiro atoms. The Morgan fingerprint density at radius 1 is 0.938 bits per heavy atom. The second kappa shape index (κ2) is 4.81. The van der Waals surface area contributed by atoms with Gasteiger partial charge in [-0.15, -0.1) is 0 Å². The van der Waals surface area contributed by atoms with Gasteiger partial charge in [-0.3, -0.25) is 0 Å². The van der Waals surface area contributed by atoms with Gasteiger partial charge in [0.2, 0.25) is 0 Å². The molecule has 1 aromatic rings. The van der Waals surface area contributed by atoms with Gasteiger partial charge in [-0.2, -0.15) is 0 Å². The molecule has 3 heteroatoms. The van der Waals surface area contributed by atoms with Crippen molar-refractivity contribution in [2.75, 3.05) is 0 Å². The molecule has 0 amide bonds. The van der Waals surface area contributed by atoms with Gasteiger partial charge < -0.3 is 4.74 Å². The van der Waals surface area contributed by atoms with E-state index in [1.807, 2.05) is 13.8 Å². The summed E-state index contributed by atoms with van der Waals surface area (Å²) in [4.78, 5) is 8.79. The van der Waals surface area contributed by atoms with Gasteiger partial charge in [-0.25, -0.2) is 9.97 Å². The van der Waals surface area contributed by atoms with Crippen molar-refractivity contribution in [3.8, 4) is 6.01 Å². The van der Waals surface area contributed by atoms with Crippen molar-refractivity contribution in [2.24, 2.45) is 0 Å². The molecule has 0 unspecified atom stereocenters. The monoisotopic (exact) mass is 220 g/mol. The molecule has 1 saturated carbocycles. The van der Waals surface area contributed by atoms with Gasteiger partial charge in [0, 0.05) is 11.4 Å². The van der Waals surface area contributed by atoms with E-state index in [1.54, 1.807) is 0 Å². The molecule has 1 aliphatic rings. The summed E-state index contributed by atoms with van der Waals surface area (Å²) in [6, 6.07) is 0.563. The van der Waals surface area contributed by atoms with Crippen molar-refractivity contribution in [2.45, 2.75) is 59.0 Å². The van der Waals surface area contributed by atoms with Crippen molar-refractivity contribution in [3.63, 3.8) is 0 Å². The van der Waals surface area contributed by atoms with Crippen LogP contribution in [-0.2, 0) is 0 Å². The normalized spacial score (nSPS) is 17.4. The van der Waals surface area contributed by atoms with Gasteiger partial charge in [-0.1, -0.05) is 6.42 Å². The minimum absolute atomic E-state index is 0.329. The van der Waals surface area contributed by atoms with E-state index < -0.39 is 0 Å². The van der Waals surface area contributed by atoms with Crippen LogP contribution in [0.4, 0.5) is 0 Å². The van der Waals surface area contributed by atoms with Crippen LogP contribution in [-0.4, -0.2) is 16.1 Å². The highest BCUT2D eigenvalue weighted by Gasteiger charge is 2.16. The molecule has 1 aliphatic carbocycles. The molecule has 0 aliphatic heterocycles. The first kappa shape index (κ1) is 11.4. The first-order chi connectivity index (χ1) is 7.66. The first-order valence-corrected chi connectivity index (χ1v) is 6.15. The van der Waals surface area contributed by atoms with E-state index in [0.717, 1.165) is 29.8 Å². The predicted octanol–water partition coefficient (Wildman–Crippen LogP) is 3.11. The number of hydrogen-bond donors (Lipinski definition) is 0. The van der Waals surface area contributed by atoms with Gasteiger partial charge >= 0.3 is 6.01 Å². The fourth-order valence-corrected chi connectivity index (χ4v) is 2.13. The molecular weight excluding hydrogens is 200 g/mol. The summed E-state index contributed by atoms with van der Waals surface area (Å²) in [6.45, 7) is 6.07. The third-order valence-corrected chi connectivity index (χ3v) is 3.44. The molecule has 0 N–H and O–H groups in total. The van der Waals surface area contributed by atoms with Crippen LogP contribution in [0.1, 0.15) is 49.1 Å². The molecule has 1 fully saturated rings.